The number of hydrogen-bond acceptors (Lipinski definition) is 3. The number of rotatable bonds is 6. The van der Waals surface area contributed by atoms with E-state index in [1.54, 1.807) is 4.90 Å². The van der Waals surface area contributed by atoms with Gasteiger partial charge in [-0.25, -0.2) is 0 Å². The van der Waals surface area contributed by atoms with Crippen molar-refractivity contribution in [3.8, 4) is 0 Å². The van der Waals surface area contributed by atoms with Gasteiger partial charge in [-0.05, 0) is 116 Å². The predicted molar refractivity (Wildman–Crippen MR) is 216 cm³/mol. The highest BCUT2D eigenvalue weighted by atomic mass is 79.9. The molecule has 9 aromatic rings. The second-order valence-electron chi connectivity index (χ2n) is 13.4. The van der Waals surface area contributed by atoms with Gasteiger partial charge in [-0.1, -0.05) is 78.9 Å². The molecule has 8 aromatic carbocycles. The summed E-state index contributed by atoms with van der Waals surface area (Å²) in [5.41, 5.74) is 2.52. The molecule has 0 amide bonds. The molecular formula is C46H27BrF6N2O. The third-order valence-corrected chi connectivity index (χ3v) is 10.7. The molecule has 0 N–H and O–H groups in total. The van der Waals surface area contributed by atoms with Gasteiger partial charge in [0.05, 0.1) is 32.4 Å². The van der Waals surface area contributed by atoms with Crippen LogP contribution >= 0.6 is 15.9 Å². The van der Waals surface area contributed by atoms with Crippen LogP contribution < -0.4 is 9.80 Å². The summed E-state index contributed by atoms with van der Waals surface area (Å²) < 4.78 is 90.1. The Morgan fingerprint density at radius 3 is 1.38 bits per heavy atom. The summed E-state index contributed by atoms with van der Waals surface area (Å²) in [6.45, 7) is 0. The standard InChI is InChI=1S/C46H27BrF6N2O/c47-43-39(54(36-19-13-28-7-1-3-9-30(28)25-36)37-20-14-29-8-2-4-10-31(29)26-37)27-41-42(38-11-5-6-12-40(38)56-41)44(43)55(34-21-15-32(16-22-34)45(48,49)50)35-23-17-33(18-24-35)46(51,52)53/h1-27H. The van der Waals surface area contributed by atoms with Gasteiger partial charge in [0.25, 0.3) is 0 Å². The number of para-hydroxylation sites is 1. The Morgan fingerprint density at radius 1 is 0.429 bits per heavy atom. The Bertz CT molecular complexity index is 2780. The fraction of sp³-hybridized carbons (Fsp3) is 0.0435. The van der Waals surface area contributed by atoms with Gasteiger partial charge < -0.3 is 14.2 Å². The summed E-state index contributed by atoms with van der Waals surface area (Å²) in [5, 5.41) is 5.38. The van der Waals surface area contributed by atoms with Crippen molar-refractivity contribution in [3.63, 3.8) is 0 Å². The second-order valence-corrected chi connectivity index (χ2v) is 14.1. The van der Waals surface area contributed by atoms with E-state index in [1.807, 2.05) is 103 Å². The van der Waals surface area contributed by atoms with Gasteiger partial charge in [0.1, 0.15) is 11.2 Å². The van der Waals surface area contributed by atoms with Crippen molar-refractivity contribution in [3.05, 3.63) is 179 Å². The average molecular weight is 818 g/mol. The number of halogens is 7. The third kappa shape index (κ3) is 6.29. The molecule has 3 nitrogen and oxygen atoms in total. The van der Waals surface area contributed by atoms with Crippen LogP contribution in [0, 0.1) is 0 Å². The fourth-order valence-electron chi connectivity index (χ4n) is 7.27. The van der Waals surface area contributed by atoms with Crippen molar-refractivity contribution in [1.29, 1.82) is 0 Å². The van der Waals surface area contributed by atoms with Crippen molar-refractivity contribution >= 4 is 93.5 Å². The molecule has 0 aliphatic carbocycles. The van der Waals surface area contributed by atoms with Gasteiger partial charge >= 0.3 is 12.4 Å². The van der Waals surface area contributed by atoms with Crippen LogP contribution in [-0.2, 0) is 12.4 Å². The maximum Gasteiger partial charge on any atom is 0.416 e. The molecule has 9 rings (SSSR count). The van der Waals surface area contributed by atoms with Gasteiger partial charge in [-0.15, -0.1) is 0 Å². The van der Waals surface area contributed by atoms with Crippen LogP contribution in [0.5, 0.6) is 0 Å². The minimum atomic E-state index is -4.60. The Balaban J connectivity index is 1.37. The molecule has 10 heteroatoms. The van der Waals surface area contributed by atoms with Crippen LogP contribution in [0.15, 0.2) is 173 Å². The third-order valence-electron chi connectivity index (χ3n) is 9.91. The zero-order valence-electron chi connectivity index (χ0n) is 29.0. The normalized spacial score (nSPS) is 12.2. The molecule has 56 heavy (non-hydrogen) atoms. The molecule has 0 aliphatic rings. The molecular weight excluding hydrogens is 790 g/mol. The first-order valence-corrected chi connectivity index (χ1v) is 18.3. The summed E-state index contributed by atoms with van der Waals surface area (Å²) >= 11 is 3.97. The second kappa shape index (κ2) is 13.5. The van der Waals surface area contributed by atoms with Gasteiger partial charge in [-0.3, -0.25) is 0 Å². The van der Waals surface area contributed by atoms with E-state index in [2.05, 4.69) is 33.0 Å². The van der Waals surface area contributed by atoms with E-state index in [1.165, 1.54) is 24.3 Å². The lowest BCUT2D eigenvalue weighted by Crippen LogP contribution is -2.16. The molecule has 1 aromatic heterocycles. The number of nitrogens with zero attached hydrogens (tertiary/aromatic N) is 2. The largest absolute Gasteiger partial charge is 0.456 e. The number of benzene rings is 8. The molecule has 0 saturated heterocycles. The minimum Gasteiger partial charge on any atom is -0.456 e. The lowest BCUT2D eigenvalue weighted by atomic mass is 10.0. The molecule has 0 spiro atoms. The van der Waals surface area contributed by atoms with Gasteiger partial charge in [0, 0.05) is 34.2 Å². The van der Waals surface area contributed by atoms with Crippen LogP contribution in [0.25, 0.3) is 43.5 Å². The monoisotopic (exact) mass is 816 g/mol. The Morgan fingerprint density at radius 2 is 0.875 bits per heavy atom. The molecule has 0 atom stereocenters. The van der Waals surface area contributed by atoms with E-state index in [0.717, 1.165) is 57.2 Å². The average Bonchev–Trinajstić information content (AvgIpc) is 3.57. The molecule has 0 fully saturated rings. The van der Waals surface area contributed by atoms with Crippen molar-refractivity contribution in [2.24, 2.45) is 0 Å². The lowest BCUT2D eigenvalue weighted by Gasteiger charge is -2.32. The van der Waals surface area contributed by atoms with E-state index >= 15 is 0 Å². The van der Waals surface area contributed by atoms with Crippen molar-refractivity contribution in [1.82, 2.24) is 0 Å². The summed E-state index contributed by atoms with van der Waals surface area (Å²) in [7, 11) is 0. The first kappa shape index (κ1) is 35.4. The molecule has 276 valence electrons. The molecule has 0 aliphatic heterocycles. The van der Waals surface area contributed by atoms with Crippen LogP contribution in [0.3, 0.4) is 0 Å². The Kier molecular flexibility index (Phi) is 8.54. The number of furan rings is 1. The first-order chi connectivity index (χ1) is 26.9. The summed E-state index contributed by atoms with van der Waals surface area (Å²) in [4.78, 5) is 3.73. The van der Waals surface area contributed by atoms with E-state index in [-0.39, 0.29) is 11.4 Å². The van der Waals surface area contributed by atoms with Crippen LogP contribution in [0.2, 0.25) is 0 Å². The van der Waals surface area contributed by atoms with Crippen molar-refractivity contribution < 1.29 is 30.8 Å². The SMILES string of the molecule is FC(F)(F)c1ccc(N(c2ccc(C(F)(F)F)cc2)c2c(Br)c(N(c3ccc4ccccc4c3)c3ccc4ccccc4c3)cc3oc4ccccc4c23)cc1. The number of anilines is 6. The molecule has 0 bridgehead atoms. The van der Waals surface area contributed by atoms with Crippen LogP contribution in [0.1, 0.15) is 11.1 Å². The highest BCUT2D eigenvalue weighted by Crippen LogP contribution is 2.53. The highest BCUT2D eigenvalue weighted by Gasteiger charge is 2.33. The molecule has 0 saturated carbocycles. The maximum atomic E-state index is 13.8. The Labute approximate surface area is 324 Å². The summed E-state index contributed by atoms with van der Waals surface area (Å²) in [5.74, 6) is 0. The minimum absolute atomic E-state index is 0.283. The van der Waals surface area contributed by atoms with Gasteiger partial charge in [0.15, 0.2) is 0 Å². The van der Waals surface area contributed by atoms with Crippen LogP contribution in [-0.4, -0.2) is 0 Å². The zero-order valence-corrected chi connectivity index (χ0v) is 30.6. The van der Waals surface area contributed by atoms with Crippen LogP contribution in [0.4, 0.5) is 60.5 Å². The number of alkyl halides is 6. The predicted octanol–water partition coefficient (Wildman–Crippen LogP) is 15.6. The quantitative estimate of drug-likeness (QED) is 0.156. The number of hydrogen-bond donors (Lipinski definition) is 0. The van der Waals surface area contributed by atoms with Crippen molar-refractivity contribution in [2.45, 2.75) is 12.4 Å². The fourth-order valence-corrected chi connectivity index (χ4v) is 7.93. The van der Waals surface area contributed by atoms with E-state index in [4.69, 9.17) is 4.42 Å². The van der Waals surface area contributed by atoms with E-state index in [0.29, 0.717) is 37.8 Å². The smallest absolute Gasteiger partial charge is 0.416 e. The topological polar surface area (TPSA) is 19.6 Å². The van der Waals surface area contributed by atoms with Gasteiger partial charge in [0.2, 0.25) is 0 Å². The first-order valence-electron chi connectivity index (χ1n) is 17.5. The summed E-state index contributed by atoms with van der Waals surface area (Å²) in [6, 6.07) is 46.6. The highest BCUT2D eigenvalue weighted by molar-refractivity contribution is 9.10. The van der Waals surface area contributed by atoms with Gasteiger partial charge in [-0.2, -0.15) is 26.3 Å². The van der Waals surface area contributed by atoms with E-state index in [9.17, 15) is 26.3 Å². The lowest BCUT2D eigenvalue weighted by molar-refractivity contribution is -0.138. The molecule has 1 heterocycles. The molecule has 0 radical (unpaired) electrons. The van der Waals surface area contributed by atoms with E-state index < -0.39 is 23.5 Å². The zero-order chi connectivity index (χ0) is 38.8. The van der Waals surface area contributed by atoms with Crippen molar-refractivity contribution in [2.75, 3.05) is 9.80 Å². The Hall–Kier alpha value is -6.26. The molecule has 0 unspecified atom stereocenters. The maximum absolute atomic E-state index is 13.8. The number of fused-ring (bicyclic) bond motifs is 5. The summed E-state index contributed by atoms with van der Waals surface area (Å²) in [6.07, 6.45) is -9.21.